The van der Waals surface area contributed by atoms with E-state index in [1.54, 1.807) is 21.8 Å². The molecule has 0 saturated heterocycles. The van der Waals surface area contributed by atoms with E-state index in [9.17, 15) is 9.59 Å². The van der Waals surface area contributed by atoms with E-state index in [-0.39, 0.29) is 11.5 Å². The van der Waals surface area contributed by atoms with E-state index in [2.05, 4.69) is 33.6 Å². The molecule has 5 aromatic rings. The summed E-state index contributed by atoms with van der Waals surface area (Å²) in [5, 5.41) is 9.98. The zero-order chi connectivity index (χ0) is 23.5. The van der Waals surface area contributed by atoms with Crippen LogP contribution >= 0.6 is 11.8 Å². The molecule has 1 N–H and O–H groups in total. The molecule has 0 atom stereocenters. The van der Waals surface area contributed by atoms with Gasteiger partial charge in [-0.3, -0.25) is 14.2 Å². The number of carbonyl (C=O) groups is 1. The highest BCUT2D eigenvalue weighted by atomic mass is 32.2. The molecular formula is C26H23N5O2S. The van der Waals surface area contributed by atoms with Crippen LogP contribution in [0, 0.1) is 0 Å². The van der Waals surface area contributed by atoms with Gasteiger partial charge in [0.05, 0.1) is 24.8 Å². The second kappa shape index (κ2) is 9.52. The van der Waals surface area contributed by atoms with E-state index < -0.39 is 0 Å². The number of rotatable bonds is 7. The zero-order valence-electron chi connectivity index (χ0n) is 18.6. The molecule has 0 spiro atoms. The Hall–Kier alpha value is -3.91. The highest BCUT2D eigenvalue weighted by Crippen LogP contribution is 2.20. The van der Waals surface area contributed by atoms with Crippen LogP contribution in [0.5, 0.6) is 0 Å². The number of thioether (sulfide) groups is 1. The fourth-order valence-corrected chi connectivity index (χ4v) is 4.69. The van der Waals surface area contributed by atoms with Gasteiger partial charge in [-0.25, -0.2) is 9.67 Å². The monoisotopic (exact) mass is 469 g/mol. The third kappa shape index (κ3) is 4.20. The van der Waals surface area contributed by atoms with E-state index in [0.717, 1.165) is 21.2 Å². The quantitative estimate of drug-likeness (QED) is 0.365. The Bertz CT molecular complexity index is 1550. The number of nitrogens with zero attached hydrogens (tertiary/aromatic N) is 4. The molecule has 0 fully saturated rings. The maximum Gasteiger partial charge on any atom is 0.264 e. The first-order chi connectivity index (χ1) is 16.7. The average molecular weight is 470 g/mol. The lowest BCUT2D eigenvalue weighted by Crippen LogP contribution is -2.28. The standard InChI is InChI=1S/C26H23N5O2S/c1-34-23-12-5-4-11-21(23)25(32)27-13-14-31-24-22(15-29-31)26(33)30(17-28-24)16-19-9-6-8-18-7-2-3-10-20(18)19/h2-12,15,17H,13-14,16H2,1H3,(H,27,32). The van der Waals surface area contributed by atoms with Crippen LogP contribution in [-0.2, 0) is 13.1 Å². The largest absolute Gasteiger partial charge is 0.350 e. The van der Waals surface area contributed by atoms with Crippen molar-refractivity contribution in [2.24, 2.45) is 0 Å². The van der Waals surface area contributed by atoms with Gasteiger partial charge in [0.1, 0.15) is 11.7 Å². The van der Waals surface area contributed by atoms with Gasteiger partial charge in [0.15, 0.2) is 5.65 Å². The number of benzene rings is 3. The Morgan fingerprint density at radius 3 is 2.68 bits per heavy atom. The molecule has 0 unspecified atom stereocenters. The van der Waals surface area contributed by atoms with Gasteiger partial charge in [-0.15, -0.1) is 11.8 Å². The van der Waals surface area contributed by atoms with Crippen LogP contribution in [0.25, 0.3) is 21.8 Å². The van der Waals surface area contributed by atoms with Crippen LogP contribution in [-0.4, -0.2) is 38.0 Å². The first-order valence-corrected chi connectivity index (χ1v) is 12.2. The van der Waals surface area contributed by atoms with Crippen molar-refractivity contribution >= 4 is 39.5 Å². The van der Waals surface area contributed by atoms with Gasteiger partial charge in [0, 0.05) is 11.4 Å². The van der Waals surface area contributed by atoms with Crippen molar-refractivity contribution < 1.29 is 4.79 Å². The first kappa shape index (κ1) is 21.9. The van der Waals surface area contributed by atoms with Gasteiger partial charge in [-0.1, -0.05) is 54.6 Å². The van der Waals surface area contributed by atoms with Crippen molar-refractivity contribution in [3.63, 3.8) is 0 Å². The van der Waals surface area contributed by atoms with Crippen molar-refractivity contribution in [1.82, 2.24) is 24.6 Å². The van der Waals surface area contributed by atoms with E-state index >= 15 is 0 Å². The molecule has 7 nitrogen and oxygen atoms in total. The van der Waals surface area contributed by atoms with Crippen LogP contribution < -0.4 is 10.9 Å². The molecule has 170 valence electrons. The average Bonchev–Trinajstić information content (AvgIpc) is 3.29. The third-order valence-corrected chi connectivity index (χ3v) is 6.60. The molecule has 0 aliphatic carbocycles. The summed E-state index contributed by atoms with van der Waals surface area (Å²) in [6.45, 7) is 1.22. The number of nitrogens with one attached hydrogen (secondary N) is 1. The third-order valence-electron chi connectivity index (χ3n) is 5.80. The summed E-state index contributed by atoms with van der Waals surface area (Å²) in [6.07, 6.45) is 5.06. The van der Waals surface area contributed by atoms with Gasteiger partial charge < -0.3 is 5.32 Å². The Kier molecular flexibility index (Phi) is 6.14. The second-order valence-corrected chi connectivity index (χ2v) is 8.73. The smallest absolute Gasteiger partial charge is 0.264 e. The number of amides is 1. The topological polar surface area (TPSA) is 81.8 Å². The lowest BCUT2D eigenvalue weighted by Gasteiger charge is -2.10. The molecule has 2 aromatic heterocycles. The number of carbonyl (C=O) groups excluding carboxylic acids is 1. The highest BCUT2D eigenvalue weighted by molar-refractivity contribution is 7.98. The Morgan fingerprint density at radius 1 is 1.00 bits per heavy atom. The molecule has 5 rings (SSSR count). The second-order valence-electron chi connectivity index (χ2n) is 7.88. The number of fused-ring (bicyclic) bond motifs is 2. The van der Waals surface area contributed by atoms with Crippen LogP contribution in [0.15, 0.2) is 88.9 Å². The molecule has 0 aliphatic rings. The minimum Gasteiger partial charge on any atom is -0.350 e. The molecule has 34 heavy (non-hydrogen) atoms. The van der Waals surface area contributed by atoms with Gasteiger partial charge in [-0.05, 0) is 34.7 Å². The summed E-state index contributed by atoms with van der Waals surface area (Å²) >= 11 is 1.54. The Balaban J connectivity index is 1.33. The SMILES string of the molecule is CSc1ccccc1C(=O)NCCn1ncc2c(=O)n(Cc3cccc4ccccc34)cnc21. The van der Waals surface area contributed by atoms with Crippen molar-refractivity contribution in [1.29, 1.82) is 0 Å². The Labute approximate surface area is 200 Å². The molecule has 0 saturated carbocycles. The van der Waals surface area contributed by atoms with Crippen LogP contribution in [0.2, 0.25) is 0 Å². The van der Waals surface area contributed by atoms with Crippen LogP contribution in [0.3, 0.4) is 0 Å². The molecular weight excluding hydrogens is 446 g/mol. The highest BCUT2D eigenvalue weighted by Gasteiger charge is 2.13. The van der Waals surface area contributed by atoms with E-state index in [1.165, 1.54) is 11.8 Å². The van der Waals surface area contributed by atoms with E-state index in [1.807, 2.05) is 54.8 Å². The molecule has 2 heterocycles. The maximum absolute atomic E-state index is 13.1. The minimum atomic E-state index is -0.137. The first-order valence-electron chi connectivity index (χ1n) is 10.9. The predicted octanol–water partition coefficient (Wildman–Crippen LogP) is 3.95. The molecule has 1 amide bonds. The number of aromatic nitrogens is 4. The summed E-state index contributed by atoms with van der Waals surface area (Å²) in [6, 6.07) is 21.7. The van der Waals surface area contributed by atoms with Crippen molar-refractivity contribution in [2.45, 2.75) is 18.0 Å². The van der Waals surface area contributed by atoms with Crippen molar-refractivity contribution in [2.75, 3.05) is 12.8 Å². The minimum absolute atomic E-state index is 0.133. The summed E-state index contributed by atoms with van der Waals surface area (Å²) in [5.74, 6) is -0.133. The molecule has 3 aromatic carbocycles. The summed E-state index contributed by atoms with van der Waals surface area (Å²) in [7, 11) is 0. The van der Waals surface area contributed by atoms with E-state index in [0.29, 0.717) is 36.2 Å². The summed E-state index contributed by atoms with van der Waals surface area (Å²) in [4.78, 5) is 31.1. The van der Waals surface area contributed by atoms with Gasteiger partial charge in [-0.2, -0.15) is 5.10 Å². The Morgan fingerprint density at radius 2 is 1.79 bits per heavy atom. The van der Waals surface area contributed by atoms with Gasteiger partial charge >= 0.3 is 0 Å². The van der Waals surface area contributed by atoms with Crippen molar-refractivity contribution in [3.05, 3.63) is 101 Å². The van der Waals surface area contributed by atoms with Gasteiger partial charge in [0.25, 0.3) is 11.5 Å². The summed E-state index contributed by atoms with van der Waals surface area (Å²) < 4.78 is 3.26. The van der Waals surface area contributed by atoms with Crippen molar-refractivity contribution in [3.8, 4) is 0 Å². The lowest BCUT2D eigenvalue weighted by atomic mass is 10.0. The van der Waals surface area contributed by atoms with Crippen LogP contribution in [0.4, 0.5) is 0 Å². The molecule has 0 radical (unpaired) electrons. The maximum atomic E-state index is 13.1. The molecule has 8 heteroatoms. The zero-order valence-corrected chi connectivity index (χ0v) is 19.5. The number of hydrogen-bond donors (Lipinski definition) is 1. The molecule has 0 bridgehead atoms. The lowest BCUT2D eigenvalue weighted by molar-refractivity contribution is 0.0949. The normalized spacial score (nSPS) is 11.2. The fourth-order valence-electron chi connectivity index (χ4n) is 4.09. The van der Waals surface area contributed by atoms with Crippen LogP contribution in [0.1, 0.15) is 15.9 Å². The predicted molar refractivity (Wildman–Crippen MR) is 135 cm³/mol. The molecule has 0 aliphatic heterocycles. The van der Waals surface area contributed by atoms with E-state index in [4.69, 9.17) is 0 Å². The van der Waals surface area contributed by atoms with Gasteiger partial charge in [0.2, 0.25) is 0 Å². The number of hydrogen-bond acceptors (Lipinski definition) is 5. The summed E-state index contributed by atoms with van der Waals surface area (Å²) in [5.41, 5.74) is 2.08. The fraction of sp³-hybridized carbons (Fsp3) is 0.154.